The van der Waals surface area contributed by atoms with Crippen molar-refractivity contribution in [1.82, 2.24) is 20.2 Å². The molecule has 2 aliphatic carbocycles. The van der Waals surface area contributed by atoms with Gasteiger partial charge >= 0.3 is 0 Å². The third-order valence-electron chi connectivity index (χ3n) is 7.65. The molecule has 0 amide bonds. The molecule has 0 saturated heterocycles. The van der Waals surface area contributed by atoms with E-state index in [1.165, 1.54) is 11.8 Å². The van der Waals surface area contributed by atoms with Crippen LogP contribution in [0.4, 0.5) is 11.5 Å². The summed E-state index contributed by atoms with van der Waals surface area (Å²) in [5.41, 5.74) is 3.01. The van der Waals surface area contributed by atoms with E-state index < -0.39 is 5.97 Å². The van der Waals surface area contributed by atoms with Crippen molar-refractivity contribution in [2.75, 3.05) is 5.32 Å². The number of carboxylic acids is 1. The molecule has 1 atom stereocenters. The highest BCUT2D eigenvalue weighted by Crippen LogP contribution is 2.62. The lowest BCUT2D eigenvalue weighted by Gasteiger charge is -2.30. The molecule has 2 fully saturated rings. The quantitative estimate of drug-likeness (QED) is 0.461. The van der Waals surface area contributed by atoms with Crippen molar-refractivity contribution in [3.05, 3.63) is 76.7 Å². The van der Waals surface area contributed by atoms with Gasteiger partial charge in [0, 0.05) is 23.1 Å². The van der Waals surface area contributed by atoms with E-state index in [2.05, 4.69) is 37.6 Å². The molecule has 2 N–H and O–H groups in total. The van der Waals surface area contributed by atoms with Gasteiger partial charge in [0.25, 0.3) is 5.56 Å². The molecule has 8 nitrogen and oxygen atoms in total. The van der Waals surface area contributed by atoms with E-state index in [0.717, 1.165) is 43.4 Å². The second kappa shape index (κ2) is 8.30. The van der Waals surface area contributed by atoms with E-state index >= 15 is 0 Å². The van der Waals surface area contributed by atoms with Crippen LogP contribution in [0.2, 0.25) is 0 Å². The third kappa shape index (κ3) is 3.95. The average Bonchev–Trinajstić information content (AvgIpc) is 3.59. The van der Waals surface area contributed by atoms with Crippen molar-refractivity contribution in [1.29, 1.82) is 0 Å². The number of aromatic amines is 1. The highest BCUT2D eigenvalue weighted by molar-refractivity contribution is 5.91. The molecule has 0 aliphatic heterocycles. The molecule has 2 saturated carbocycles. The number of carboxylic acid groups (broad SMARTS) is 1. The fourth-order valence-corrected chi connectivity index (χ4v) is 5.55. The zero-order chi connectivity index (χ0) is 24.0. The van der Waals surface area contributed by atoms with E-state index in [-0.39, 0.29) is 16.9 Å². The number of carbonyl (C=O) groups is 1. The van der Waals surface area contributed by atoms with Crippen molar-refractivity contribution < 1.29 is 9.90 Å². The highest BCUT2D eigenvalue weighted by atomic mass is 16.4. The van der Waals surface area contributed by atoms with Crippen LogP contribution >= 0.6 is 0 Å². The molecule has 2 aliphatic rings. The molecule has 2 aromatic heterocycles. The molecule has 1 unspecified atom stereocenters. The molecule has 0 bridgehead atoms. The Morgan fingerprint density at radius 2 is 1.77 bits per heavy atom. The Balaban J connectivity index is 1.24. The highest BCUT2D eigenvalue weighted by Gasteiger charge is 2.55. The van der Waals surface area contributed by atoms with Crippen LogP contribution < -0.4 is 16.0 Å². The zero-order valence-corrected chi connectivity index (χ0v) is 19.0. The van der Waals surface area contributed by atoms with Crippen molar-refractivity contribution in [2.45, 2.75) is 38.0 Å². The number of hydrogen-bond donors (Lipinski definition) is 2. The van der Waals surface area contributed by atoms with Crippen LogP contribution in [0.25, 0.3) is 22.3 Å². The number of nitrogens with zero attached hydrogens (tertiary/aromatic N) is 3. The average molecular weight is 467 g/mol. The number of rotatable bonds is 5. The van der Waals surface area contributed by atoms with Crippen molar-refractivity contribution in [3.8, 4) is 11.4 Å². The molecule has 0 radical (unpaired) electrons. The fourth-order valence-electron chi connectivity index (χ4n) is 5.55. The molecule has 35 heavy (non-hydrogen) atoms. The van der Waals surface area contributed by atoms with Crippen LogP contribution in [0.3, 0.4) is 0 Å². The number of hydrogen-bond acceptors (Lipinski definition) is 7. The van der Waals surface area contributed by atoms with Gasteiger partial charge in [-0.05, 0) is 61.1 Å². The first kappa shape index (κ1) is 21.5. The Morgan fingerprint density at radius 3 is 2.46 bits per heavy atom. The molecular weight excluding hydrogens is 442 g/mol. The van der Waals surface area contributed by atoms with Gasteiger partial charge in [-0.2, -0.15) is 5.10 Å². The lowest BCUT2D eigenvalue weighted by atomic mass is 9.76. The van der Waals surface area contributed by atoms with Crippen molar-refractivity contribution in [3.63, 3.8) is 0 Å². The summed E-state index contributed by atoms with van der Waals surface area (Å²) in [7, 11) is 0. The van der Waals surface area contributed by atoms with E-state index in [1.54, 1.807) is 0 Å². The first-order valence-corrected chi connectivity index (χ1v) is 11.9. The van der Waals surface area contributed by atoms with Gasteiger partial charge in [-0.1, -0.05) is 42.5 Å². The van der Waals surface area contributed by atoms with Gasteiger partial charge < -0.3 is 15.2 Å². The molecule has 8 heteroatoms. The van der Waals surface area contributed by atoms with Crippen molar-refractivity contribution >= 4 is 28.4 Å². The minimum absolute atomic E-state index is 0.0106. The number of fused-ring (bicyclic) bond motifs is 1. The van der Waals surface area contributed by atoms with Gasteiger partial charge in [0.05, 0.1) is 6.20 Å². The number of benzene rings is 2. The Morgan fingerprint density at radius 1 is 1.03 bits per heavy atom. The Kier molecular flexibility index (Phi) is 5.09. The number of aromatic nitrogens is 4. The van der Waals surface area contributed by atoms with Crippen LogP contribution in [0.1, 0.15) is 43.6 Å². The summed E-state index contributed by atoms with van der Waals surface area (Å²) < 4.78 is 0. The monoisotopic (exact) mass is 466 g/mol. The molecule has 2 heterocycles. The number of anilines is 2. The second-order valence-electron chi connectivity index (χ2n) is 9.68. The van der Waals surface area contributed by atoms with Gasteiger partial charge in [-0.15, -0.1) is 0 Å². The summed E-state index contributed by atoms with van der Waals surface area (Å²) >= 11 is 0. The number of aliphatic carboxylic acids is 1. The molecule has 4 aromatic rings. The maximum Gasteiger partial charge on any atom is 0.277 e. The van der Waals surface area contributed by atoms with Gasteiger partial charge in [0.1, 0.15) is 16.7 Å². The van der Waals surface area contributed by atoms with E-state index in [9.17, 15) is 14.7 Å². The van der Waals surface area contributed by atoms with Gasteiger partial charge in [0.15, 0.2) is 5.82 Å². The van der Waals surface area contributed by atoms with E-state index in [0.29, 0.717) is 28.5 Å². The summed E-state index contributed by atoms with van der Waals surface area (Å²) in [5, 5.41) is 21.2. The van der Waals surface area contributed by atoms with Crippen LogP contribution in [0.15, 0.2) is 65.6 Å². The minimum atomic E-state index is -0.888. The predicted molar refractivity (Wildman–Crippen MR) is 130 cm³/mol. The summed E-state index contributed by atoms with van der Waals surface area (Å²) in [6.07, 6.45) is 6.19. The number of H-pyrrole nitrogens is 1. The van der Waals surface area contributed by atoms with Gasteiger partial charge in [-0.25, -0.2) is 15.1 Å². The van der Waals surface area contributed by atoms with Crippen LogP contribution in [-0.4, -0.2) is 26.1 Å². The molecule has 176 valence electrons. The first-order valence-electron chi connectivity index (χ1n) is 11.9. The largest absolute Gasteiger partial charge is 0.550 e. The smallest absolute Gasteiger partial charge is 0.277 e. The Hall–Kier alpha value is -4.07. The summed E-state index contributed by atoms with van der Waals surface area (Å²) in [5.74, 6) is 0.219. The van der Waals surface area contributed by atoms with Crippen LogP contribution in [0, 0.1) is 11.3 Å². The number of nitrogens with one attached hydrogen (secondary N) is 2. The fraction of sp³-hybridized carbons (Fsp3) is 0.296. The van der Waals surface area contributed by atoms with Crippen LogP contribution in [0.5, 0.6) is 0 Å². The maximum absolute atomic E-state index is 12.5. The second-order valence-corrected chi connectivity index (χ2v) is 9.68. The van der Waals surface area contributed by atoms with E-state index in [4.69, 9.17) is 0 Å². The summed E-state index contributed by atoms with van der Waals surface area (Å²) in [6, 6.07) is 17.8. The molecule has 6 rings (SSSR count). The lowest BCUT2D eigenvalue weighted by molar-refractivity contribution is -0.309. The van der Waals surface area contributed by atoms with Crippen LogP contribution in [-0.2, 0) is 4.79 Å². The Bertz CT molecular complexity index is 1460. The Labute approximate surface area is 201 Å². The normalized spacial score (nSPS) is 23.3. The third-order valence-corrected chi connectivity index (χ3v) is 7.65. The topological polar surface area (TPSA) is 124 Å². The minimum Gasteiger partial charge on any atom is -0.550 e. The summed E-state index contributed by atoms with van der Waals surface area (Å²) in [4.78, 5) is 33.0. The van der Waals surface area contributed by atoms with Gasteiger partial charge in [-0.3, -0.25) is 4.79 Å². The molecule has 1 spiro atoms. The standard InChI is InChI=1S/C27H25N5O3/c33-25-22-21(15-28-32-25)30-23(18-4-2-1-3-5-18)31-24(22)29-19-8-6-16(7-9-19)17-10-12-27(13-11-17)14-20(27)26(34)35/h1-9,15,17,20H,10-14H2,(H,32,33)(H,34,35)(H,29,30,31)/p-1. The zero-order valence-electron chi connectivity index (χ0n) is 19.0. The number of carbonyl (C=O) groups excluding carboxylic acids is 1. The first-order chi connectivity index (χ1) is 17.0. The lowest BCUT2D eigenvalue weighted by Crippen LogP contribution is -2.28. The van der Waals surface area contributed by atoms with E-state index in [1.807, 2.05) is 42.5 Å². The summed E-state index contributed by atoms with van der Waals surface area (Å²) in [6.45, 7) is 0. The van der Waals surface area contributed by atoms with Gasteiger partial charge in [0.2, 0.25) is 0 Å². The van der Waals surface area contributed by atoms with Crippen molar-refractivity contribution in [2.24, 2.45) is 11.3 Å². The predicted octanol–water partition coefficient (Wildman–Crippen LogP) is 3.54. The molecule has 2 aromatic carbocycles. The molecular formula is C27H24N5O3-. The SMILES string of the molecule is O=C([O-])C1CC12CCC(c1ccc(Nc3nc(-c4ccccc4)nc4cn[nH]c(=O)c34)cc1)CC2. The maximum atomic E-state index is 12.5.